The van der Waals surface area contributed by atoms with Gasteiger partial charge in [0.15, 0.2) is 0 Å². The van der Waals surface area contributed by atoms with Gasteiger partial charge in [-0.2, -0.15) is 0 Å². The lowest BCUT2D eigenvalue weighted by Gasteiger charge is -2.24. The molecule has 4 nitrogen and oxygen atoms in total. The Kier molecular flexibility index (Phi) is 4.49. The number of benzene rings is 1. The number of amides is 2. The van der Waals surface area contributed by atoms with Crippen molar-refractivity contribution in [2.24, 2.45) is 0 Å². The third-order valence-corrected chi connectivity index (χ3v) is 5.76. The van der Waals surface area contributed by atoms with E-state index >= 15 is 0 Å². The van der Waals surface area contributed by atoms with Gasteiger partial charge in [0.2, 0.25) is 11.8 Å². The second-order valence-corrected chi connectivity index (χ2v) is 7.32. The van der Waals surface area contributed by atoms with E-state index in [-0.39, 0.29) is 29.5 Å². The van der Waals surface area contributed by atoms with Gasteiger partial charge in [-0.15, -0.1) is 23.1 Å². The molecule has 2 aromatic rings. The first-order chi connectivity index (χ1) is 10.6. The summed E-state index contributed by atoms with van der Waals surface area (Å²) in [5, 5.41) is 7.41. The second-order valence-electron chi connectivity index (χ2n) is 5.10. The molecule has 0 saturated carbocycles. The highest BCUT2D eigenvalue weighted by molar-refractivity contribution is 8.01. The van der Waals surface area contributed by atoms with E-state index in [1.807, 2.05) is 48.7 Å². The number of carbonyl (C=O) groups is 2. The van der Waals surface area contributed by atoms with Gasteiger partial charge in [-0.1, -0.05) is 18.2 Å². The zero-order valence-electron chi connectivity index (χ0n) is 12.0. The fourth-order valence-electron chi connectivity index (χ4n) is 2.30. The number of para-hydroxylation sites is 1. The first kappa shape index (κ1) is 15.1. The van der Waals surface area contributed by atoms with E-state index in [9.17, 15) is 9.59 Å². The molecule has 0 bridgehead atoms. The normalized spacial score (nSPS) is 18.2. The van der Waals surface area contributed by atoms with Crippen molar-refractivity contribution in [3.8, 4) is 0 Å². The lowest BCUT2D eigenvalue weighted by atomic mass is 10.2. The molecule has 1 aliphatic heterocycles. The molecule has 2 atom stereocenters. The first-order valence-corrected chi connectivity index (χ1v) is 8.79. The molecule has 0 fully saturated rings. The van der Waals surface area contributed by atoms with Crippen molar-refractivity contribution in [1.82, 2.24) is 5.32 Å². The highest BCUT2D eigenvalue weighted by atomic mass is 32.2. The van der Waals surface area contributed by atoms with Crippen LogP contribution in [0.3, 0.4) is 0 Å². The minimum absolute atomic E-state index is 0.0311. The number of anilines is 1. The number of fused-ring (bicyclic) bond motifs is 1. The highest BCUT2D eigenvalue weighted by Crippen LogP contribution is 2.36. The topological polar surface area (TPSA) is 58.2 Å². The molecule has 3 rings (SSSR count). The van der Waals surface area contributed by atoms with Crippen molar-refractivity contribution in [2.75, 3.05) is 5.32 Å². The smallest absolute Gasteiger partial charge is 0.238 e. The zero-order valence-corrected chi connectivity index (χ0v) is 13.7. The van der Waals surface area contributed by atoms with Crippen LogP contribution in [-0.4, -0.2) is 17.1 Å². The summed E-state index contributed by atoms with van der Waals surface area (Å²) in [5.41, 5.74) is 0.820. The third kappa shape index (κ3) is 3.34. The molecule has 2 N–H and O–H groups in total. The van der Waals surface area contributed by atoms with Gasteiger partial charge in [-0.3, -0.25) is 9.59 Å². The molecule has 0 saturated heterocycles. The van der Waals surface area contributed by atoms with Gasteiger partial charge in [0.1, 0.15) is 0 Å². The van der Waals surface area contributed by atoms with Gasteiger partial charge < -0.3 is 10.6 Å². The SMILES string of the molecule is CC(NC(=O)CC1Sc2ccccc2NC1=O)c1cccs1. The van der Waals surface area contributed by atoms with Crippen LogP contribution < -0.4 is 10.6 Å². The van der Waals surface area contributed by atoms with Crippen LogP contribution in [-0.2, 0) is 9.59 Å². The van der Waals surface area contributed by atoms with Crippen LogP contribution >= 0.6 is 23.1 Å². The number of nitrogens with one attached hydrogen (secondary N) is 2. The Hall–Kier alpha value is -1.79. The molecular formula is C16H16N2O2S2. The summed E-state index contributed by atoms with van der Waals surface area (Å²) in [6.07, 6.45) is 0.181. The quantitative estimate of drug-likeness (QED) is 0.902. The van der Waals surface area contributed by atoms with Crippen LogP contribution in [0.15, 0.2) is 46.7 Å². The predicted molar refractivity (Wildman–Crippen MR) is 90.2 cm³/mol. The Balaban J connectivity index is 1.61. The molecule has 0 radical (unpaired) electrons. The van der Waals surface area contributed by atoms with E-state index in [1.165, 1.54) is 11.8 Å². The summed E-state index contributed by atoms with van der Waals surface area (Å²) >= 11 is 3.06. The van der Waals surface area contributed by atoms with Gasteiger partial charge in [0.05, 0.1) is 17.0 Å². The number of hydrogen-bond donors (Lipinski definition) is 2. The predicted octanol–water partition coefficient (Wildman–Crippen LogP) is 3.43. The maximum atomic E-state index is 12.2. The molecule has 0 aliphatic carbocycles. The fourth-order valence-corrected chi connectivity index (χ4v) is 4.15. The van der Waals surface area contributed by atoms with Crippen LogP contribution in [0.4, 0.5) is 5.69 Å². The average molecular weight is 332 g/mol. The Morgan fingerprint density at radius 1 is 1.32 bits per heavy atom. The lowest BCUT2D eigenvalue weighted by Crippen LogP contribution is -2.35. The molecule has 6 heteroatoms. The van der Waals surface area contributed by atoms with E-state index in [2.05, 4.69) is 10.6 Å². The fraction of sp³-hybridized carbons (Fsp3) is 0.250. The molecule has 2 heterocycles. The highest BCUT2D eigenvalue weighted by Gasteiger charge is 2.29. The standard InChI is InChI=1S/C16H16N2O2S2/c1-10(12-7-4-8-21-12)17-15(19)9-14-16(20)18-11-5-2-3-6-13(11)22-14/h2-8,10,14H,9H2,1H3,(H,17,19)(H,18,20). The Morgan fingerprint density at radius 3 is 2.91 bits per heavy atom. The van der Waals surface area contributed by atoms with Crippen LogP contribution in [0.25, 0.3) is 0 Å². The third-order valence-electron chi connectivity index (χ3n) is 3.42. The largest absolute Gasteiger partial charge is 0.349 e. The summed E-state index contributed by atoms with van der Waals surface area (Å²) in [4.78, 5) is 26.4. The Morgan fingerprint density at radius 2 is 2.14 bits per heavy atom. The number of rotatable bonds is 4. The van der Waals surface area contributed by atoms with E-state index in [0.717, 1.165) is 15.5 Å². The summed E-state index contributed by atoms with van der Waals surface area (Å²) in [7, 11) is 0. The summed E-state index contributed by atoms with van der Waals surface area (Å²) in [6.45, 7) is 1.95. The number of thioether (sulfide) groups is 1. The molecule has 2 amide bonds. The maximum Gasteiger partial charge on any atom is 0.238 e. The Bertz CT molecular complexity index is 685. The zero-order chi connectivity index (χ0) is 15.5. The molecule has 1 aromatic carbocycles. The van der Waals surface area contributed by atoms with Crippen molar-refractivity contribution in [3.63, 3.8) is 0 Å². The van der Waals surface area contributed by atoms with Crippen molar-refractivity contribution in [3.05, 3.63) is 46.7 Å². The molecule has 2 unspecified atom stereocenters. The minimum Gasteiger partial charge on any atom is -0.349 e. The first-order valence-electron chi connectivity index (χ1n) is 7.03. The monoisotopic (exact) mass is 332 g/mol. The van der Waals surface area contributed by atoms with Crippen molar-refractivity contribution in [1.29, 1.82) is 0 Å². The van der Waals surface area contributed by atoms with Crippen molar-refractivity contribution in [2.45, 2.75) is 29.5 Å². The molecule has 22 heavy (non-hydrogen) atoms. The van der Waals surface area contributed by atoms with E-state index in [1.54, 1.807) is 11.3 Å². The van der Waals surface area contributed by atoms with Crippen LogP contribution in [0.2, 0.25) is 0 Å². The summed E-state index contributed by atoms with van der Waals surface area (Å²) in [5.74, 6) is -0.212. The summed E-state index contributed by atoms with van der Waals surface area (Å²) in [6, 6.07) is 11.6. The Labute approximate surface area is 137 Å². The van der Waals surface area contributed by atoms with Crippen molar-refractivity contribution < 1.29 is 9.59 Å². The molecule has 114 valence electrons. The summed E-state index contributed by atoms with van der Waals surface area (Å²) < 4.78 is 0. The minimum atomic E-state index is -0.384. The number of hydrogen-bond acceptors (Lipinski definition) is 4. The van der Waals surface area contributed by atoms with E-state index in [0.29, 0.717) is 0 Å². The van der Waals surface area contributed by atoms with Crippen LogP contribution in [0, 0.1) is 0 Å². The van der Waals surface area contributed by atoms with Gasteiger partial charge >= 0.3 is 0 Å². The number of thiophene rings is 1. The van der Waals surface area contributed by atoms with Gasteiger partial charge in [0.25, 0.3) is 0 Å². The van der Waals surface area contributed by atoms with E-state index in [4.69, 9.17) is 0 Å². The van der Waals surface area contributed by atoms with Gasteiger partial charge in [0, 0.05) is 16.2 Å². The second kappa shape index (κ2) is 6.54. The van der Waals surface area contributed by atoms with Crippen molar-refractivity contribution >= 4 is 40.6 Å². The van der Waals surface area contributed by atoms with Crippen LogP contribution in [0.1, 0.15) is 24.3 Å². The molecular weight excluding hydrogens is 316 g/mol. The van der Waals surface area contributed by atoms with Gasteiger partial charge in [-0.25, -0.2) is 0 Å². The lowest BCUT2D eigenvalue weighted by molar-refractivity contribution is -0.124. The molecule has 1 aliphatic rings. The average Bonchev–Trinajstić information content (AvgIpc) is 3.02. The van der Waals surface area contributed by atoms with Gasteiger partial charge in [-0.05, 0) is 30.5 Å². The molecule has 0 spiro atoms. The van der Waals surface area contributed by atoms with E-state index < -0.39 is 0 Å². The number of carbonyl (C=O) groups excluding carboxylic acids is 2. The van der Waals surface area contributed by atoms with Crippen LogP contribution in [0.5, 0.6) is 0 Å². The maximum absolute atomic E-state index is 12.2. The molecule has 1 aromatic heterocycles.